The maximum absolute atomic E-state index is 12.4. The molecule has 2 aromatic carbocycles. The molecule has 3 rings (SSSR count). The van der Waals surface area contributed by atoms with E-state index >= 15 is 0 Å². The maximum atomic E-state index is 12.4. The smallest absolute Gasteiger partial charge is 0.344 e. The van der Waals surface area contributed by atoms with E-state index < -0.39 is 11.9 Å². The van der Waals surface area contributed by atoms with E-state index in [1.807, 2.05) is 54.6 Å². The van der Waals surface area contributed by atoms with Crippen LogP contribution in [0.25, 0.3) is 6.08 Å². The summed E-state index contributed by atoms with van der Waals surface area (Å²) in [5.41, 5.74) is 1.87. The Morgan fingerprint density at radius 3 is 2.33 bits per heavy atom. The number of hydrogen-bond acceptors (Lipinski definition) is 6. The molecule has 0 atom stereocenters. The van der Waals surface area contributed by atoms with Gasteiger partial charge in [0.25, 0.3) is 5.91 Å². The average Bonchev–Trinajstić information content (AvgIpc) is 3.13. The van der Waals surface area contributed by atoms with Gasteiger partial charge in [0.05, 0.1) is 12.2 Å². The van der Waals surface area contributed by atoms with Crippen LogP contribution >= 0.6 is 0 Å². The summed E-state index contributed by atoms with van der Waals surface area (Å²) in [6.45, 7) is 5.10. The van der Waals surface area contributed by atoms with E-state index in [0.29, 0.717) is 12.4 Å². The van der Waals surface area contributed by atoms with E-state index in [1.165, 1.54) is 13.0 Å². The van der Waals surface area contributed by atoms with Crippen LogP contribution in [0, 0.1) is 6.92 Å². The summed E-state index contributed by atoms with van der Waals surface area (Å²) in [5, 5.41) is 2.52. The highest BCUT2D eigenvalue weighted by atomic mass is 16.5. The predicted octanol–water partition coefficient (Wildman–Crippen LogP) is 5.20. The number of ether oxygens (including phenoxy) is 2. The normalized spacial score (nSPS) is 10.8. The Morgan fingerprint density at radius 1 is 1.00 bits per heavy atom. The topological polar surface area (TPSA) is 94.8 Å². The third-order valence-electron chi connectivity index (χ3n) is 4.71. The summed E-state index contributed by atoms with van der Waals surface area (Å²) in [7, 11) is 0. The number of benzene rings is 2. The Balaban J connectivity index is 1.66. The van der Waals surface area contributed by atoms with Crippen LogP contribution < -0.4 is 10.1 Å². The molecule has 0 aliphatic rings. The van der Waals surface area contributed by atoms with Crippen molar-refractivity contribution >= 4 is 29.6 Å². The van der Waals surface area contributed by atoms with E-state index in [-0.39, 0.29) is 35.2 Å². The minimum Gasteiger partial charge on any atom is -0.489 e. The largest absolute Gasteiger partial charge is 0.489 e. The lowest BCUT2D eigenvalue weighted by molar-refractivity contribution is -0.111. The van der Waals surface area contributed by atoms with Crippen LogP contribution in [0.3, 0.4) is 0 Å². The number of Topliss-reactive ketones (excluding diaryl/α,β-unsaturated/α-hetero) is 1. The molecule has 1 amide bonds. The van der Waals surface area contributed by atoms with Crippen molar-refractivity contribution in [1.29, 1.82) is 0 Å². The Morgan fingerprint density at radius 2 is 1.70 bits per heavy atom. The fourth-order valence-corrected chi connectivity index (χ4v) is 3.20. The van der Waals surface area contributed by atoms with Gasteiger partial charge in [0.2, 0.25) is 5.88 Å². The number of ketones is 1. The van der Waals surface area contributed by atoms with Crippen molar-refractivity contribution in [3.63, 3.8) is 0 Å². The minimum absolute atomic E-state index is 0.0801. The number of aryl methyl sites for hydroxylation is 1. The highest BCUT2D eigenvalue weighted by Gasteiger charge is 2.28. The van der Waals surface area contributed by atoms with Gasteiger partial charge in [0.15, 0.2) is 5.78 Å². The third-order valence-corrected chi connectivity index (χ3v) is 4.71. The van der Waals surface area contributed by atoms with Crippen LogP contribution in [0.15, 0.2) is 65.1 Å². The summed E-state index contributed by atoms with van der Waals surface area (Å²) in [5.74, 6) is -0.780. The van der Waals surface area contributed by atoms with Gasteiger partial charge in [-0.15, -0.1) is 0 Å². The van der Waals surface area contributed by atoms with Crippen molar-refractivity contribution in [2.24, 2.45) is 0 Å². The number of carbonyl (C=O) groups is 3. The molecule has 7 nitrogen and oxygen atoms in total. The summed E-state index contributed by atoms with van der Waals surface area (Å²) in [6, 6.07) is 17.1. The molecule has 33 heavy (non-hydrogen) atoms. The highest BCUT2D eigenvalue weighted by Crippen LogP contribution is 2.28. The van der Waals surface area contributed by atoms with Crippen molar-refractivity contribution < 1.29 is 28.3 Å². The molecule has 0 spiro atoms. The minimum atomic E-state index is -0.732. The molecular formula is C26H25NO6. The number of furan rings is 1. The van der Waals surface area contributed by atoms with Crippen LogP contribution in [0.4, 0.5) is 5.88 Å². The molecule has 0 saturated heterocycles. The van der Waals surface area contributed by atoms with Gasteiger partial charge in [-0.05, 0) is 50.1 Å². The number of amides is 1. The first-order valence-corrected chi connectivity index (χ1v) is 10.5. The number of anilines is 1. The Labute approximate surface area is 192 Å². The van der Waals surface area contributed by atoms with Gasteiger partial charge >= 0.3 is 5.97 Å². The lowest BCUT2D eigenvalue weighted by atomic mass is 10.1. The standard InChI is InChI=1S/C26H25NO6/c1-4-31-26(30)24-23(17(2)28)18(3)33-25(24)27-22(29)15-12-19-10-13-21(14-11-19)32-16-20-8-6-5-7-9-20/h5-15H,4,16H2,1-3H3,(H,27,29)/b15-12+. The lowest BCUT2D eigenvalue weighted by Gasteiger charge is -2.06. The summed E-state index contributed by atoms with van der Waals surface area (Å²) >= 11 is 0. The Kier molecular flexibility index (Phi) is 7.81. The van der Waals surface area contributed by atoms with Crippen LogP contribution in [-0.4, -0.2) is 24.3 Å². The second-order valence-corrected chi connectivity index (χ2v) is 7.18. The average molecular weight is 447 g/mol. The number of esters is 1. The van der Waals surface area contributed by atoms with Crippen LogP contribution in [-0.2, 0) is 16.1 Å². The highest BCUT2D eigenvalue weighted by molar-refractivity contribution is 6.12. The van der Waals surface area contributed by atoms with Crippen molar-refractivity contribution in [2.75, 3.05) is 11.9 Å². The predicted molar refractivity (Wildman–Crippen MR) is 124 cm³/mol. The summed E-state index contributed by atoms with van der Waals surface area (Å²) in [6.07, 6.45) is 2.92. The molecule has 0 unspecified atom stereocenters. The molecule has 0 aliphatic heterocycles. The van der Waals surface area contributed by atoms with Gasteiger partial charge in [-0.2, -0.15) is 0 Å². The van der Waals surface area contributed by atoms with Crippen LogP contribution in [0.5, 0.6) is 5.75 Å². The number of hydrogen-bond donors (Lipinski definition) is 1. The first-order chi connectivity index (χ1) is 15.9. The lowest BCUT2D eigenvalue weighted by Crippen LogP contribution is -2.14. The molecule has 1 heterocycles. The van der Waals surface area contributed by atoms with Gasteiger partial charge < -0.3 is 13.9 Å². The zero-order chi connectivity index (χ0) is 23.8. The second-order valence-electron chi connectivity index (χ2n) is 7.18. The molecule has 1 aromatic heterocycles. The SMILES string of the molecule is CCOC(=O)c1c(NC(=O)/C=C/c2ccc(OCc3ccccc3)cc2)oc(C)c1C(C)=O. The number of rotatable bonds is 9. The first-order valence-electron chi connectivity index (χ1n) is 10.5. The molecule has 0 bridgehead atoms. The van der Waals surface area contributed by atoms with E-state index in [9.17, 15) is 14.4 Å². The summed E-state index contributed by atoms with van der Waals surface area (Å²) < 4.78 is 16.2. The van der Waals surface area contributed by atoms with Crippen LogP contribution in [0.2, 0.25) is 0 Å². The molecule has 7 heteroatoms. The fraction of sp³-hybridized carbons (Fsp3) is 0.192. The van der Waals surface area contributed by atoms with Crippen molar-refractivity contribution in [3.05, 3.63) is 88.7 Å². The fourth-order valence-electron chi connectivity index (χ4n) is 3.20. The molecule has 0 aliphatic carbocycles. The Hall–Kier alpha value is -4.13. The monoisotopic (exact) mass is 447 g/mol. The van der Waals surface area contributed by atoms with Gasteiger partial charge in [0.1, 0.15) is 23.7 Å². The zero-order valence-electron chi connectivity index (χ0n) is 18.7. The molecule has 0 radical (unpaired) electrons. The molecule has 1 N–H and O–H groups in total. The van der Waals surface area contributed by atoms with Crippen molar-refractivity contribution in [3.8, 4) is 5.75 Å². The van der Waals surface area contributed by atoms with E-state index in [2.05, 4.69) is 5.32 Å². The molecular weight excluding hydrogens is 422 g/mol. The van der Waals surface area contributed by atoms with Crippen molar-refractivity contribution in [1.82, 2.24) is 0 Å². The molecule has 0 fully saturated rings. The molecule has 170 valence electrons. The maximum Gasteiger partial charge on any atom is 0.344 e. The molecule has 3 aromatic rings. The van der Waals surface area contributed by atoms with Crippen LogP contribution in [0.1, 0.15) is 51.5 Å². The second kappa shape index (κ2) is 10.9. The number of carbonyl (C=O) groups excluding carboxylic acids is 3. The number of nitrogens with one attached hydrogen (secondary N) is 1. The van der Waals surface area contributed by atoms with Gasteiger partial charge in [-0.1, -0.05) is 42.5 Å². The van der Waals surface area contributed by atoms with Gasteiger partial charge in [0, 0.05) is 6.08 Å². The quantitative estimate of drug-likeness (QED) is 0.275. The third kappa shape index (κ3) is 6.20. The first kappa shape index (κ1) is 23.5. The zero-order valence-corrected chi connectivity index (χ0v) is 18.7. The Bertz CT molecular complexity index is 1160. The van der Waals surface area contributed by atoms with E-state index in [1.54, 1.807) is 19.9 Å². The van der Waals surface area contributed by atoms with E-state index in [4.69, 9.17) is 13.9 Å². The van der Waals surface area contributed by atoms with Gasteiger partial charge in [-0.25, -0.2) is 4.79 Å². The summed E-state index contributed by atoms with van der Waals surface area (Å²) in [4.78, 5) is 36.7. The van der Waals surface area contributed by atoms with Crippen molar-refractivity contribution in [2.45, 2.75) is 27.4 Å². The van der Waals surface area contributed by atoms with Gasteiger partial charge in [-0.3, -0.25) is 14.9 Å². The van der Waals surface area contributed by atoms with E-state index in [0.717, 1.165) is 11.1 Å². The molecule has 0 saturated carbocycles.